The van der Waals surface area contributed by atoms with Crippen molar-refractivity contribution in [3.8, 4) is 5.88 Å². The number of aryl methyl sites for hydroxylation is 1. The van der Waals surface area contributed by atoms with Crippen LogP contribution in [0.3, 0.4) is 0 Å². The van der Waals surface area contributed by atoms with Gasteiger partial charge in [-0.2, -0.15) is 4.98 Å². The number of aromatic nitrogens is 2. The molecule has 0 aliphatic rings. The van der Waals surface area contributed by atoms with Gasteiger partial charge in [0.05, 0.1) is 7.11 Å². The number of nitrogens with zero attached hydrogens (tertiary/aromatic N) is 2. The summed E-state index contributed by atoms with van der Waals surface area (Å²) < 4.78 is 5.09. The van der Waals surface area contributed by atoms with E-state index < -0.39 is 0 Å². The first kappa shape index (κ1) is 12.6. The molecule has 0 aliphatic carbocycles. The van der Waals surface area contributed by atoms with Crippen molar-refractivity contribution in [1.29, 1.82) is 0 Å². The van der Waals surface area contributed by atoms with Crippen LogP contribution >= 0.6 is 11.6 Å². The van der Waals surface area contributed by atoms with E-state index in [1.807, 2.05) is 31.2 Å². The van der Waals surface area contributed by atoms with Gasteiger partial charge in [0.1, 0.15) is 0 Å². The Morgan fingerprint density at radius 2 is 1.94 bits per heavy atom. The zero-order valence-corrected chi connectivity index (χ0v) is 11.0. The molecule has 0 spiro atoms. The molecule has 0 unspecified atom stereocenters. The van der Waals surface area contributed by atoms with Gasteiger partial charge in [-0.05, 0) is 24.6 Å². The van der Waals surface area contributed by atoms with Crippen molar-refractivity contribution in [2.75, 3.05) is 12.4 Å². The van der Waals surface area contributed by atoms with Gasteiger partial charge in [-0.25, -0.2) is 4.98 Å². The lowest BCUT2D eigenvalue weighted by Gasteiger charge is -2.07. The Hall–Kier alpha value is -1.81. The van der Waals surface area contributed by atoms with Gasteiger partial charge >= 0.3 is 0 Å². The van der Waals surface area contributed by atoms with E-state index in [0.29, 0.717) is 18.4 Å². The van der Waals surface area contributed by atoms with Gasteiger partial charge in [0.15, 0.2) is 0 Å². The SMILES string of the molecule is COc1cc(C)nc(NCc2ccc(Cl)cc2)n1. The van der Waals surface area contributed by atoms with Crippen LogP contribution in [0.25, 0.3) is 0 Å². The molecule has 0 aliphatic heterocycles. The number of anilines is 1. The molecule has 1 aromatic carbocycles. The van der Waals surface area contributed by atoms with Crippen molar-refractivity contribution < 1.29 is 4.74 Å². The van der Waals surface area contributed by atoms with Crippen LogP contribution in [0.5, 0.6) is 5.88 Å². The molecule has 2 rings (SSSR count). The quantitative estimate of drug-likeness (QED) is 0.921. The van der Waals surface area contributed by atoms with E-state index in [4.69, 9.17) is 16.3 Å². The minimum atomic E-state index is 0.557. The maximum absolute atomic E-state index is 5.83. The lowest BCUT2D eigenvalue weighted by Crippen LogP contribution is -2.05. The molecule has 0 fully saturated rings. The smallest absolute Gasteiger partial charge is 0.226 e. The first-order chi connectivity index (χ1) is 8.67. The van der Waals surface area contributed by atoms with E-state index in [1.165, 1.54) is 0 Å². The Labute approximate surface area is 111 Å². The predicted octanol–water partition coefficient (Wildman–Crippen LogP) is 3.06. The Morgan fingerprint density at radius 1 is 1.22 bits per heavy atom. The molecule has 0 atom stereocenters. The molecule has 0 saturated carbocycles. The lowest BCUT2D eigenvalue weighted by molar-refractivity contribution is 0.397. The van der Waals surface area contributed by atoms with Crippen LogP contribution in [-0.4, -0.2) is 17.1 Å². The normalized spacial score (nSPS) is 10.2. The molecule has 0 bridgehead atoms. The minimum Gasteiger partial charge on any atom is -0.481 e. The van der Waals surface area contributed by atoms with E-state index in [2.05, 4.69) is 15.3 Å². The molecule has 0 radical (unpaired) electrons. The van der Waals surface area contributed by atoms with Crippen LogP contribution in [0.15, 0.2) is 30.3 Å². The number of methoxy groups -OCH3 is 1. The van der Waals surface area contributed by atoms with Gasteiger partial charge in [0.2, 0.25) is 11.8 Å². The maximum Gasteiger partial charge on any atom is 0.226 e. The summed E-state index contributed by atoms with van der Waals surface area (Å²) in [5.41, 5.74) is 1.98. The molecule has 1 heterocycles. The highest BCUT2D eigenvalue weighted by molar-refractivity contribution is 6.30. The fraction of sp³-hybridized carbons (Fsp3) is 0.231. The van der Waals surface area contributed by atoms with Crippen molar-refractivity contribution in [1.82, 2.24) is 9.97 Å². The molecule has 94 valence electrons. The van der Waals surface area contributed by atoms with Crippen molar-refractivity contribution in [3.63, 3.8) is 0 Å². The zero-order chi connectivity index (χ0) is 13.0. The van der Waals surface area contributed by atoms with Crippen LogP contribution < -0.4 is 10.1 Å². The van der Waals surface area contributed by atoms with E-state index in [1.54, 1.807) is 13.2 Å². The van der Waals surface area contributed by atoms with E-state index in [0.717, 1.165) is 16.3 Å². The second kappa shape index (κ2) is 5.69. The highest BCUT2D eigenvalue weighted by atomic mass is 35.5. The van der Waals surface area contributed by atoms with Crippen molar-refractivity contribution in [3.05, 3.63) is 46.6 Å². The molecular formula is C13H14ClN3O. The van der Waals surface area contributed by atoms with Crippen molar-refractivity contribution >= 4 is 17.5 Å². The zero-order valence-electron chi connectivity index (χ0n) is 10.3. The number of ether oxygens (including phenoxy) is 1. The van der Waals surface area contributed by atoms with Gasteiger partial charge in [-0.3, -0.25) is 0 Å². The third kappa shape index (κ3) is 3.34. The van der Waals surface area contributed by atoms with Crippen molar-refractivity contribution in [2.24, 2.45) is 0 Å². The Kier molecular flexibility index (Phi) is 3.99. The summed E-state index contributed by atoms with van der Waals surface area (Å²) >= 11 is 5.83. The van der Waals surface area contributed by atoms with Gasteiger partial charge in [-0.15, -0.1) is 0 Å². The lowest BCUT2D eigenvalue weighted by atomic mass is 10.2. The summed E-state index contributed by atoms with van der Waals surface area (Å²) in [5.74, 6) is 1.11. The maximum atomic E-state index is 5.83. The number of hydrogen-bond acceptors (Lipinski definition) is 4. The first-order valence-corrected chi connectivity index (χ1v) is 5.93. The van der Waals surface area contributed by atoms with E-state index >= 15 is 0 Å². The van der Waals surface area contributed by atoms with Crippen LogP contribution in [0.1, 0.15) is 11.3 Å². The summed E-state index contributed by atoms with van der Waals surface area (Å²) in [6.07, 6.45) is 0. The molecule has 2 aromatic rings. The molecule has 4 nitrogen and oxygen atoms in total. The van der Waals surface area contributed by atoms with Crippen molar-refractivity contribution in [2.45, 2.75) is 13.5 Å². The molecule has 18 heavy (non-hydrogen) atoms. The van der Waals surface area contributed by atoms with Gasteiger partial charge < -0.3 is 10.1 Å². The summed E-state index contributed by atoms with van der Waals surface area (Å²) in [7, 11) is 1.59. The number of rotatable bonds is 4. The minimum absolute atomic E-state index is 0.557. The number of hydrogen-bond donors (Lipinski definition) is 1. The monoisotopic (exact) mass is 263 g/mol. The summed E-state index contributed by atoms with van der Waals surface area (Å²) in [4.78, 5) is 8.50. The van der Waals surface area contributed by atoms with Crippen LogP contribution in [0, 0.1) is 6.92 Å². The first-order valence-electron chi connectivity index (χ1n) is 5.55. The molecular weight excluding hydrogens is 250 g/mol. The highest BCUT2D eigenvalue weighted by Gasteiger charge is 2.02. The molecule has 1 N–H and O–H groups in total. The number of nitrogens with one attached hydrogen (secondary N) is 1. The fourth-order valence-corrected chi connectivity index (χ4v) is 1.63. The largest absolute Gasteiger partial charge is 0.481 e. The highest BCUT2D eigenvalue weighted by Crippen LogP contribution is 2.13. The second-order valence-electron chi connectivity index (χ2n) is 3.86. The average molecular weight is 264 g/mol. The Balaban J connectivity index is 2.05. The molecule has 0 amide bonds. The molecule has 5 heteroatoms. The predicted molar refractivity (Wildman–Crippen MR) is 72.1 cm³/mol. The average Bonchev–Trinajstić information content (AvgIpc) is 2.37. The standard InChI is InChI=1S/C13H14ClN3O/c1-9-7-12(18-2)17-13(16-9)15-8-10-3-5-11(14)6-4-10/h3-7H,8H2,1-2H3,(H,15,16,17). The Morgan fingerprint density at radius 3 is 2.61 bits per heavy atom. The van der Waals surface area contributed by atoms with Crippen LogP contribution in [0.4, 0.5) is 5.95 Å². The summed E-state index contributed by atoms with van der Waals surface area (Å²) in [5, 5.41) is 3.88. The summed E-state index contributed by atoms with van der Waals surface area (Å²) in [6, 6.07) is 9.42. The third-order valence-electron chi connectivity index (χ3n) is 2.40. The van der Waals surface area contributed by atoms with Gasteiger partial charge in [-0.1, -0.05) is 23.7 Å². The molecule has 1 aromatic heterocycles. The van der Waals surface area contributed by atoms with Crippen LogP contribution in [-0.2, 0) is 6.54 Å². The Bertz CT molecular complexity index is 528. The van der Waals surface area contributed by atoms with Crippen LogP contribution in [0.2, 0.25) is 5.02 Å². The van der Waals surface area contributed by atoms with Gasteiger partial charge in [0.25, 0.3) is 0 Å². The topological polar surface area (TPSA) is 47.0 Å². The number of benzene rings is 1. The van der Waals surface area contributed by atoms with E-state index in [-0.39, 0.29) is 0 Å². The molecule has 0 saturated heterocycles. The van der Waals surface area contributed by atoms with E-state index in [9.17, 15) is 0 Å². The number of halogens is 1. The fourth-order valence-electron chi connectivity index (χ4n) is 1.51. The second-order valence-corrected chi connectivity index (χ2v) is 4.29. The summed E-state index contributed by atoms with van der Waals surface area (Å²) in [6.45, 7) is 2.54. The van der Waals surface area contributed by atoms with Gasteiger partial charge in [0, 0.05) is 23.3 Å². The third-order valence-corrected chi connectivity index (χ3v) is 2.66.